The molecule has 0 aliphatic rings. The maximum atomic E-state index is 11.3. The Morgan fingerprint density at radius 3 is 2.53 bits per heavy atom. The first-order valence-corrected chi connectivity index (χ1v) is 6.28. The quantitative estimate of drug-likeness (QED) is 0.877. The zero-order chi connectivity index (χ0) is 11.6. The van der Waals surface area contributed by atoms with E-state index >= 15 is 0 Å². The fourth-order valence-electron chi connectivity index (χ4n) is 1.21. The number of hydrogen-bond acceptors (Lipinski definition) is 3. The monoisotopic (exact) mass is 248 g/mol. The van der Waals surface area contributed by atoms with Gasteiger partial charge < -0.3 is 5.11 Å². The number of sulfone groups is 1. The number of halogens is 1. The van der Waals surface area contributed by atoms with Crippen LogP contribution in [0.2, 0.25) is 5.02 Å². The summed E-state index contributed by atoms with van der Waals surface area (Å²) in [5.74, 6) is -1.12. The number of carboxylic acid groups (broad SMARTS) is 1. The van der Waals surface area contributed by atoms with Crippen LogP contribution in [0.15, 0.2) is 23.1 Å². The molecule has 15 heavy (non-hydrogen) atoms. The third-order valence-electron chi connectivity index (χ3n) is 1.80. The molecule has 0 amide bonds. The Kier molecular flexibility index (Phi) is 3.36. The van der Waals surface area contributed by atoms with Crippen LogP contribution in [0.1, 0.15) is 5.56 Å². The summed E-state index contributed by atoms with van der Waals surface area (Å²) in [5, 5.41) is 8.78. The van der Waals surface area contributed by atoms with E-state index in [1.165, 1.54) is 18.2 Å². The molecule has 1 aromatic carbocycles. The first kappa shape index (κ1) is 12.0. The molecule has 0 spiro atoms. The summed E-state index contributed by atoms with van der Waals surface area (Å²) in [6.45, 7) is 0. The predicted molar refractivity (Wildman–Crippen MR) is 55.9 cm³/mol. The first-order valence-electron chi connectivity index (χ1n) is 4.01. The van der Waals surface area contributed by atoms with Crippen molar-refractivity contribution in [2.75, 3.05) is 6.26 Å². The number of carbonyl (C=O) groups is 1. The summed E-state index contributed by atoms with van der Waals surface area (Å²) in [4.78, 5) is 10.5. The molecular weight excluding hydrogens is 240 g/mol. The SMILES string of the molecule is CS(=O)(=O)c1cccc(Cl)c1CC(=O)O. The lowest BCUT2D eigenvalue weighted by Crippen LogP contribution is -2.08. The van der Waals surface area contributed by atoms with Gasteiger partial charge in [0.15, 0.2) is 9.84 Å². The van der Waals surface area contributed by atoms with Gasteiger partial charge >= 0.3 is 5.97 Å². The molecule has 0 unspecified atom stereocenters. The summed E-state index contributed by atoms with van der Waals surface area (Å²) in [6.07, 6.45) is 0.617. The van der Waals surface area contributed by atoms with E-state index in [0.717, 1.165) is 6.26 Å². The molecule has 1 rings (SSSR count). The van der Waals surface area contributed by atoms with Gasteiger partial charge in [-0.05, 0) is 12.1 Å². The van der Waals surface area contributed by atoms with Crippen LogP contribution in [0.3, 0.4) is 0 Å². The second kappa shape index (κ2) is 4.20. The maximum absolute atomic E-state index is 11.3. The third kappa shape index (κ3) is 2.94. The highest BCUT2D eigenvalue weighted by Gasteiger charge is 2.17. The van der Waals surface area contributed by atoms with Crippen LogP contribution in [0.5, 0.6) is 0 Å². The minimum atomic E-state index is -3.45. The lowest BCUT2D eigenvalue weighted by atomic mass is 10.1. The van der Waals surface area contributed by atoms with Crippen LogP contribution in [-0.4, -0.2) is 25.7 Å². The average molecular weight is 249 g/mol. The Morgan fingerprint density at radius 2 is 2.07 bits per heavy atom. The van der Waals surface area contributed by atoms with Gasteiger partial charge in [-0.25, -0.2) is 8.42 Å². The Balaban J connectivity index is 3.40. The molecule has 0 atom stereocenters. The summed E-state index contributed by atoms with van der Waals surface area (Å²) in [7, 11) is -3.45. The van der Waals surface area contributed by atoms with Gasteiger partial charge in [0.25, 0.3) is 0 Å². The maximum Gasteiger partial charge on any atom is 0.307 e. The van der Waals surface area contributed by atoms with E-state index in [0.29, 0.717) is 0 Å². The number of hydrogen-bond donors (Lipinski definition) is 1. The molecule has 82 valence electrons. The molecule has 0 saturated heterocycles. The predicted octanol–water partition coefficient (Wildman–Crippen LogP) is 1.37. The zero-order valence-corrected chi connectivity index (χ0v) is 9.47. The van der Waals surface area contributed by atoms with Crippen molar-refractivity contribution in [3.63, 3.8) is 0 Å². The van der Waals surface area contributed by atoms with Gasteiger partial charge in [0.05, 0.1) is 11.3 Å². The van der Waals surface area contributed by atoms with Gasteiger partial charge in [0, 0.05) is 16.8 Å². The normalized spacial score (nSPS) is 11.3. The van der Waals surface area contributed by atoms with Crippen LogP contribution >= 0.6 is 11.6 Å². The zero-order valence-electron chi connectivity index (χ0n) is 7.90. The molecule has 0 aromatic heterocycles. The highest BCUT2D eigenvalue weighted by atomic mass is 35.5. The summed E-state index contributed by atoms with van der Waals surface area (Å²) in [5.41, 5.74) is 0.133. The molecule has 0 heterocycles. The molecule has 4 nitrogen and oxygen atoms in total. The molecule has 0 aliphatic heterocycles. The largest absolute Gasteiger partial charge is 0.481 e. The number of rotatable bonds is 3. The molecule has 0 radical (unpaired) electrons. The fraction of sp³-hybridized carbons (Fsp3) is 0.222. The van der Waals surface area contributed by atoms with E-state index in [9.17, 15) is 13.2 Å². The van der Waals surface area contributed by atoms with Gasteiger partial charge in [0.1, 0.15) is 0 Å². The summed E-state index contributed by atoms with van der Waals surface area (Å²) >= 11 is 5.75. The first-order chi connectivity index (χ1) is 6.82. The Morgan fingerprint density at radius 1 is 1.47 bits per heavy atom. The van der Waals surface area contributed by atoms with Crippen LogP contribution in [0.25, 0.3) is 0 Å². The fourth-order valence-corrected chi connectivity index (χ4v) is 2.46. The van der Waals surface area contributed by atoms with Gasteiger partial charge in [-0.15, -0.1) is 0 Å². The number of aliphatic carboxylic acids is 1. The minimum Gasteiger partial charge on any atom is -0.481 e. The Bertz CT molecular complexity index is 493. The summed E-state index contributed by atoms with van der Waals surface area (Å²) in [6, 6.07) is 4.29. The van der Waals surface area contributed by atoms with Crippen LogP contribution < -0.4 is 0 Å². The van der Waals surface area contributed by atoms with Crippen molar-refractivity contribution in [3.05, 3.63) is 28.8 Å². The van der Waals surface area contributed by atoms with E-state index in [2.05, 4.69) is 0 Å². The molecular formula is C9H9ClO4S. The topological polar surface area (TPSA) is 71.4 Å². The van der Waals surface area contributed by atoms with E-state index in [1.807, 2.05) is 0 Å². The highest BCUT2D eigenvalue weighted by Crippen LogP contribution is 2.24. The lowest BCUT2D eigenvalue weighted by Gasteiger charge is -2.07. The van der Waals surface area contributed by atoms with Gasteiger partial charge in [-0.3, -0.25) is 4.79 Å². The lowest BCUT2D eigenvalue weighted by molar-refractivity contribution is -0.136. The number of benzene rings is 1. The van der Waals surface area contributed by atoms with E-state index in [4.69, 9.17) is 16.7 Å². The Hall–Kier alpha value is -1.07. The Labute approximate surface area is 92.4 Å². The molecule has 1 N–H and O–H groups in total. The molecule has 0 saturated carbocycles. The van der Waals surface area contributed by atoms with Crippen LogP contribution in [-0.2, 0) is 21.1 Å². The van der Waals surface area contributed by atoms with Crippen LogP contribution in [0, 0.1) is 0 Å². The van der Waals surface area contributed by atoms with E-state index in [1.54, 1.807) is 0 Å². The standard InChI is InChI=1S/C9H9ClO4S/c1-15(13,14)8-4-2-3-7(10)6(8)5-9(11)12/h2-4H,5H2,1H3,(H,11,12). The third-order valence-corrected chi connectivity index (χ3v) is 3.34. The van der Waals surface area contributed by atoms with E-state index in [-0.39, 0.29) is 15.5 Å². The van der Waals surface area contributed by atoms with E-state index < -0.39 is 22.2 Å². The second-order valence-corrected chi connectivity index (χ2v) is 5.45. The van der Waals surface area contributed by atoms with Crippen molar-refractivity contribution in [1.82, 2.24) is 0 Å². The molecule has 0 aliphatic carbocycles. The van der Waals surface area contributed by atoms with Gasteiger partial charge in [-0.2, -0.15) is 0 Å². The highest BCUT2D eigenvalue weighted by molar-refractivity contribution is 7.90. The molecule has 1 aromatic rings. The second-order valence-electron chi connectivity index (χ2n) is 3.06. The summed E-state index contributed by atoms with van der Waals surface area (Å²) < 4.78 is 22.7. The van der Waals surface area contributed by atoms with Crippen molar-refractivity contribution in [3.8, 4) is 0 Å². The van der Waals surface area contributed by atoms with Gasteiger partial charge in [-0.1, -0.05) is 17.7 Å². The number of carboxylic acids is 1. The van der Waals surface area contributed by atoms with Crippen molar-refractivity contribution in [1.29, 1.82) is 0 Å². The minimum absolute atomic E-state index is 0.0302. The average Bonchev–Trinajstić information content (AvgIpc) is 2.05. The van der Waals surface area contributed by atoms with Crippen LogP contribution in [0.4, 0.5) is 0 Å². The van der Waals surface area contributed by atoms with Crippen molar-refractivity contribution >= 4 is 27.4 Å². The molecule has 6 heteroatoms. The molecule has 0 fully saturated rings. The van der Waals surface area contributed by atoms with Crippen molar-refractivity contribution in [2.45, 2.75) is 11.3 Å². The van der Waals surface area contributed by atoms with Crippen molar-refractivity contribution < 1.29 is 18.3 Å². The van der Waals surface area contributed by atoms with Crippen molar-refractivity contribution in [2.24, 2.45) is 0 Å². The molecule has 0 bridgehead atoms. The smallest absolute Gasteiger partial charge is 0.307 e. The van der Waals surface area contributed by atoms with Gasteiger partial charge in [0.2, 0.25) is 0 Å².